The van der Waals surface area contributed by atoms with Crippen molar-refractivity contribution in [2.45, 2.75) is 27.3 Å². The summed E-state index contributed by atoms with van der Waals surface area (Å²) in [5.41, 5.74) is 6.28. The number of rotatable bonds is 5. The summed E-state index contributed by atoms with van der Waals surface area (Å²) in [6, 6.07) is 7.35. The van der Waals surface area contributed by atoms with Crippen molar-refractivity contribution >= 4 is 39.0 Å². The number of fused-ring (bicyclic) bond motifs is 1. The quantitative estimate of drug-likeness (QED) is 0.493. The van der Waals surface area contributed by atoms with Gasteiger partial charge in [0.25, 0.3) is 0 Å². The lowest BCUT2D eigenvalue weighted by Gasteiger charge is -2.04. The van der Waals surface area contributed by atoms with E-state index < -0.39 is 5.91 Å². The molecule has 6 nitrogen and oxygen atoms in total. The monoisotopic (exact) mass is 417 g/mol. The van der Waals surface area contributed by atoms with E-state index in [1.807, 2.05) is 26.0 Å². The zero-order valence-electron chi connectivity index (χ0n) is 15.1. The number of nitrogens with one attached hydrogen (secondary N) is 1. The molecule has 0 spiro atoms. The Morgan fingerprint density at radius 3 is 2.77 bits per heavy atom. The second-order valence-corrected chi connectivity index (χ2v) is 6.82. The summed E-state index contributed by atoms with van der Waals surface area (Å²) >= 11 is 3.41. The highest BCUT2D eigenvalue weighted by Crippen LogP contribution is 2.32. The molecule has 136 valence electrons. The number of benzene rings is 1. The largest absolute Gasteiger partial charge is 0.493 e. The van der Waals surface area contributed by atoms with Crippen LogP contribution in [0.3, 0.4) is 0 Å². The average Bonchev–Trinajstić information content (AvgIpc) is 3.15. The lowest BCUT2D eigenvalue weighted by Crippen LogP contribution is -2.16. The third kappa shape index (κ3) is 3.39. The van der Waals surface area contributed by atoms with Gasteiger partial charge in [-0.05, 0) is 45.0 Å². The molecule has 1 N–H and O–H groups in total. The second kappa shape index (κ2) is 7.37. The number of hydrogen-bond acceptors (Lipinski definition) is 4. The summed E-state index contributed by atoms with van der Waals surface area (Å²) in [4.78, 5) is 12.3. The van der Waals surface area contributed by atoms with Crippen LogP contribution in [0.1, 0.15) is 34.4 Å². The number of hydrazone groups is 1. The number of hydrogen-bond donors (Lipinski definition) is 1. The van der Waals surface area contributed by atoms with Gasteiger partial charge in [0.05, 0.1) is 13.3 Å². The number of ether oxygens (including phenoxy) is 1. The molecule has 1 amide bonds. The highest BCUT2D eigenvalue weighted by atomic mass is 79.9. The van der Waals surface area contributed by atoms with E-state index in [4.69, 9.17) is 9.15 Å². The van der Waals surface area contributed by atoms with E-state index in [1.54, 1.807) is 25.5 Å². The first-order valence-corrected chi connectivity index (χ1v) is 9.01. The molecule has 2 aromatic heterocycles. The van der Waals surface area contributed by atoms with Crippen molar-refractivity contribution in [3.8, 4) is 5.75 Å². The van der Waals surface area contributed by atoms with Crippen LogP contribution in [0.5, 0.6) is 5.75 Å². The van der Waals surface area contributed by atoms with Crippen LogP contribution in [0, 0.1) is 13.8 Å². The molecule has 26 heavy (non-hydrogen) atoms. The Bertz CT molecular complexity index is 1000. The standard InChI is InChI=1S/C19H20BrN3O3/c1-5-23-11(2)6-14(12(23)3)10-21-22-19(24)17-8-13-7-15(20)9-16(25-4)18(13)26-17/h6-10H,5H2,1-4H3,(H,22,24)/b21-10-. The van der Waals surface area contributed by atoms with E-state index in [2.05, 4.69) is 37.9 Å². The molecule has 3 aromatic rings. The summed E-state index contributed by atoms with van der Waals surface area (Å²) in [5, 5.41) is 4.83. The maximum absolute atomic E-state index is 12.3. The van der Waals surface area contributed by atoms with E-state index in [1.165, 1.54) is 0 Å². The first kappa shape index (κ1) is 18.3. The Hall–Kier alpha value is -2.54. The molecular formula is C19H20BrN3O3. The van der Waals surface area contributed by atoms with Crippen LogP contribution in [-0.2, 0) is 6.54 Å². The number of carbonyl (C=O) groups is 1. The van der Waals surface area contributed by atoms with Gasteiger partial charge in [-0.25, -0.2) is 5.43 Å². The molecule has 0 radical (unpaired) electrons. The molecule has 0 saturated carbocycles. The minimum Gasteiger partial charge on any atom is -0.493 e. The van der Waals surface area contributed by atoms with E-state index in [0.29, 0.717) is 11.3 Å². The number of aryl methyl sites for hydroxylation is 1. The van der Waals surface area contributed by atoms with Gasteiger partial charge in [0.2, 0.25) is 0 Å². The molecule has 0 aliphatic rings. The first-order valence-electron chi connectivity index (χ1n) is 8.21. The zero-order chi connectivity index (χ0) is 18.8. The number of aromatic nitrogens is 1. The number of amides is 1. The van der Waals surface area contributed by atoms with Crippen molar-refractivity contribution in [2.24, 2.45) is 5.10 Å². The molecule has 0 aliphatic carbocycles. The number of halogens is 1. The van der Waals surface area contributed by atoms with Gasteiger partial charge in [0.15, 0.2) is 17.1 Å². The maximum Gasteiger partial charge on any atom is 0.307 e. The normalized spacial score (nSPS) is 11.4. The highest BCUT2D eigenvalue weighted by Gasteiger charge is 2.15. The number of methoxy groups -OCH3 is 1. The maximum atomic E-state index is 12.3. The van der Waals surface area contributed by atoms with Gasteiger partial charge < -0.3 is 13.7 Å². The fourth-order valence-corrected chi connectivity index (χ4v) is 3.46. The van der Waals surface area contributed by atoms with Crippen LogP contribution in [0.25, 0.3) is 11.0 Å². The fraction of sp³-hybridized carbons (Fsp3) is 0.263. The molecule has 7 heteroatoms. The molecule has 0 saturated heterocycles. The van der Waals surface area contributed by atoms with Crippen molar-refractivity contribution < 1.29 is 13.9 Å². The van der Waals surface area contributed by atoms with Gasteiger partial charge in [-0.15, -0.1) is 0 Å². The summed E-state index contributed by atoms with van der Waals surface area (Å²) in [6.07, 6.45) is 1.65. The summed E-state index contributed by atoms with van der Waals surface area (Å²) in [5.74, 6) is 0.316. The molecule has 0 bridgehead atoms. The summed E-state index contributed by atoms with van der Waals surface area (Å²) in [6.45, 7) is 7.07. The van der Waals surface area contributed by atoms with Crippen molar-refractivity contribution in [3.05, 3.63) is 51.4 Å². The van der Waals surface area contributed by atoms with Crippen molar-refractivity contribution in [1.29, 1.82) is 0 Å². The Morgan fingerprint density at radius 1 is 1.35 bits per heavy atom. The van der Waals surface area contributed by atoms with Crippen molar-refractivity contribution in [3.63, 3.8) is 0 Å². The van der Waals surface area contributed by atoms with Gasteiger partial charge >= 0.3 is 5.91 Å². The van der Waals surface area contributed by atoms with Gasteiger partial charge in [0, 0.05) is 33.4 Å². The average molecular weight is 418 g/mol. The van der Waals surface area contributed by atoms with Gasteiger partial charge in [0.1, 0.15) is 0 Å². The number of carbonyl (C=O) groups excluding carboxylic acids is 1. The third-order valence-electron chi connectivity index (χ3n) is 4.29. The summed E-state index contributed by atoms with van der Waals surface area (Å²) < 4.78 is 14.0. The number of nitrogens with zero attached hydrogens (tertiary/aromatic N) is 2. The zero-order valence-corrected chi connectivity index (χ0v) is 16.7. The molecule has 0 unspecified atom stereocenters. The van der Waals surface area contributed by atoms with E-state index >= 15 is 0 Å². The molecule has 0 atom stereocenters. The molecule has 1 aromatic carbocycles. The minimum absolute atomic E-state index is 0.174. The smallest absolute Gasteiger partial charge is 0.307 e. The lowest BCUT2D eigenvalue weighted by atomic mass is 10.2. The van der Waals surface area contributed by atoms with Crippen molar-refractivity contribution in [1.82, 2.24) is 9.99 Å². The van der Waals surface area contributed by atoms with Gasteiger partial charge in [-0.3, -0.25) is 4.79 Å². The van der Waals surface area contributed by atoms with Gasteiger partial charge in [-0.2, -0.15) is 5.10 Å². The molecular weight excluding hydrogens is 398 g/mol. The molecule has 3 rings (SSSR count). The fourth-order valence-electron chi connectivity index (χ4n) is 3.01. The Kier molecular flexibility index (Phi) is 5.18. The molecule has 0 aliphatic heterocycles. The molecule has 0 fully saturated rings. The predicted octanol–water partition coefficient (Wildman–Crippen LogP) is 4.41. The highest BCUT2D eigenvalue weighted by molar-refractivity contribution is 9.10. The Labute approximate surface area is 159 Å². The predicted molar refractivity (Wildman–Crippen MR) is 105 cm³/mol. The van der Waals surface area contributed by atoms with Crippen LogP contribution in [-0.4, -0.2) is 23.8 Å². The van der Waals surface area contributed by atoms with Crippen LogP contribution in [0.4, 0.5) is 0 Å². The SMILES string of the molecule is CCn1c(C)cc(/C=N\NC(=O)c2cc3cc(Br)cc(OC)c3o2)c1C. The van der Waals surface area contributed by atoms with Crippen LogP contribution in [0.2, 0.25) is 0 Å². The second-order valence-electron chi connectivity index (χ2n) is 5.91. The topological polar surface area (TPSA) is 68.8 Å². The van der Waals surface area contributed by atoms with Crippen LogP contribution < -0.4 is 10.2 Å². The van der Waals surface area contributed by atoms with Gasteiger partial charge in [-0.1, -0.05) is 15.9 Å². The minimum atomic E-state index is -0.417. The van der Waals surface area contributed by atoms with E-state index in [0.717, 1.165) is 33.4 Å². The van der Waals surface area contributed by atoms with E-state index in [-0.39, 0.29) is 5.76 Å². The summed E-state index contributed by atoms with van der Waals surface area (Å²) in [7, 11) is 1.56. The Balaban J connectivity index is 1.79. The Morgan fingerprint density at radius 2 is 2.12 bits per heavy atom. The third-order valence-corrected chi connectivity index (χ3v) is 4.75. The van der Waals surface area contributed by atoms with Crippen molar-refractivity contribution in [2.75, 3.05) is 7.11 Å². The van der Waals surface area contributed by atoms with Crippen LogP contribution in [0.15, 0.2) is 38.3 Å². The number of furan rings is 1. The lowest BCUT2D eigenvalue weighted by molar-refractivity contribution is 0.0929. The van der Waals surface area contributed by atoms with E-state index in [9.17, 15) is 4.79 Å². The molecule has 2 heterocycles. The van der Waals surface area contributed by atoms with Crippen LogP contribution >= 0.6 is 15.9 Å². The first-order chi connectivity index (χ1) is 12.4.